The van der Waals surface area contributed by atoms with E-state index in [0.29, 0.717) is 5.41 Å². The zero-order chi connectivity index (χ0) is 10.7. The van der Waals surface area contributed by atoms with Crippen LogP contribution in [-0.2, 0) is 9.47 Å². The summed E-state index contributed by atoms with van der Waals surface area (Å²) < 4.78 is 11.5. The standard InChI is InChI=1S/C12H20O3/c1-10(2)14-7-12(8-15-10)5-11(6-12)3-9(13)4-11/h9,13H,3-8H2,1-2H3. The Morgan fingerprint density at radius 3 is 2.00 bits per heavy atom. The van der Waals surface area contributed by atoms with Crippen molar-refractivity contribution in [2.45, 2.75) is 51.4 Å². The fourth-order valence-electron chi connectivity index (χ4n) is 3.71. The van der Waals surface area contributed by atoms with Crippen LogP contribution < -0.4 is 0 Å². The van der Waals surface area contributed by atoms with Crippen molar-refractivity contribution in [2.24, 2.45) is 10.8 Å². The molecule has 2 saturated carbocycles. The average Bonchev–Trinajstić information content (AvgIpc) is 2.04. The van der Waals surface area contributed by atoms with Crippen molar-refractivity contribution >= 4 is 0 Å². The van der Waals surface area contributed by atoms with Crippen LogP contribution in [0.3, 0.4) is 0 Å². The highest BCUT2D eigenvalue weighted by Gasteiger charge is 2.61. The van der Waals surface area contributed by atoms with Crippen LogP contribution in [0.4, 0.5) is 0 Å². The molecule has 1 aliphatic heterocycles. The van der Waals surface area contributed by atoms with Gasteiger partial charge in [-0.05, 0) is 44.9 Å². The van der Waals surface area contributed by atoms with E-state index >= 15 is 0 Å². The molecule has 2 aliphatic carbocycles. The summed E-state index contributed by atoms with van der Waals surface area (Å²) in [6.07, 6.45) is 4.33. The largest absolute Gasteiger partial charge is 0.393 e. The van der Waals surface area contributed by atoms with Crippen molar-refractivity contribution in [3.8, 4) is 0 Å². The topological polar surface area (TPSA) is 38.7 Å². The van der Waals surface area contributed by atoms with Gasteiger partial charge in [-0.3, -0.25) is 0 Å². The van der Waals surface area contributed by atoms with E-state index in [9.17, 15) is 5.11 Å². The first-order chi connectivity index (χ1) is 6.93. The Balaban J connectivity index is 1.58. The number of aliphatic hydroxyl groups is 1. The van der Waals surface area contributed by atoms with E-state index in [1.807, 2.05) is 13.8 Å². The Morgan fingerprint density at radius 2 is 1.53 bits per heavy atom. The summed E-state index contributed by atoms with van der Waals surface area (Å²) in [6.45, 7) is 5.61. The molecule has 0 bridgehead atoms. The van der Waals surface area contributed by atoms with Crippen molar-refractivity contribution in [1.29, 1.82) is 0 Å². The van der Waals surface area contributed by atoms with Gasteiger partial charge in [0.25, 0.3) is 0 Å². The van der Waals surface area contributed by atoms with Gasteiger partial charge in [0.15, 0.2) is 5.79 Å². The third-order valence-corrected chi connectivity index (χ3v) is 4.29. The zero-order valence-electron chi connectivity index (χ0n) is 9.58. The van der Waals surface area contributed by atoms with Crippen LogP contribution in [0.5, 0.6) is 0 Å². The van der Waals surface area contributed by atoms with Gasteiger partial charge >= 0.3 is 0 Å². The molecule has 3 rings (SSSR count). The quantitative estimate of drug-likeness (QED) is 0.664. The molecule has 0 aromatic carbocycles. The summed E-state index contributed by atoms with van der Waals surface area (Å²) >= 11 is 0. The molecule has 0 radical (unpaired) electrons. The van der Waals surface area contributed by atoms with Gasteiger partial charge in [0.05, 0.1) is 19.3 Å². The van der Waals surface area contributed by atoms with Gasteiger partial charge in [0.2, 0.25) is 0 Å². The molecule has 15 heavy (non-hydrogen) atoms. The predicted octanol–water partition coefficient (Wildman–Crippen LogP) is 1.69. The van der Waals surface area contributed by atoms with Crippen LogP contribution in [0.15, 0.2) is 0 Å². The van der Waals surface area contributed by atoms with Gasteiger partial charge in [-0.2, -0.15) is 0 Å². The van der Waals surface area contributed by atoms with E-state index in [-0.39, 0.29) is 11.5 Å². The van der Waals surface area contributed by atoms with Gasteiger partial charge in [-0.25, -0.2) is 0 Å². The summed E-state index contributed by atoms with van der Waals surface area (Å²) in [7, 11) is 0. The lowest BCUT2D eigenvalue weighted by Gasteiger charge is -2.64. The summed E-state index contributed by atoms with van der Waals surface area (Å²) in [5.74, 6) is -0.396. The third-order valence-electron chi connectivity index (χ3n) is 4.29. The van der Waals surface area contributed by atoms with Crippen molar-refractivity contribution < 1.29 is 14.6 Å². The number of ether oxygens (including phenoxy) is 2. The second kappa shape index (κ2) is 2.76. The average molecular weight is 212 g/mol. The molecule has 2 spiro atoms. The maximum Gasteiger partial charge on any atom is 0.162 e. The molecule has 1 saturated heterocycles. The Morgan fingerprint density at radius 1 is 1.00 bits per heavy atom. The Kier molecular flexibility index (Phi) is 1.85. The second-order valence-corrected chi connectivity index (χ2v) is 6.39. The zero-order valence-corrected chi connectivity index (χ0v) is 9.58. The van der Waals surface area contributed by atoms with Crippen LogP contribution >= 0.6 is 0 Å². The smallest absolute Gasteiger partial charge is 0.162 e. The molecule has 3 heteroatoms. The highest BCUT2D eigenvalue weighted by Crippen LogP contribution is 2.65. The molecule has 3 aliphatic rings. The van der Waals surface area contributed by atoms with E-state index in [4.69, 9.17) is 9.47 Å². The second-order valence-electron chi connectivity index (χ2n) is 6.39. The van der Waals surface area contributed by atoms with Crippen LogP contribution in [-0.4, -0.2) is 30.2 Å². The van der Waals surface area contributed by atoms with Crippen molar-refractivity contribution in [2.75, 3.05) is 13.2 Å². The molecule has 3 fully saturated rings. The molecular formula is C12H20O3. The van der Waals surface area contributed by atoms with Crippen molar-refractivity contribution in [3.63, 3.8) is 0 Å². The van der Waals surface area contributed by atoms with Crippen LogP contribution in [0.2, 0.25) is 0 Å². The Labute approximate surface area is 90.8 Å². The van der Waals surface area contributed by atoms with Crippen LogP contribution in [0, 0.1) is 10.8 Å². The first kappa shape index (κ1) is 10.1. The molecule has 1 N–H and O–H groups in total. The van der Waals surface area contributed by atoms with E-state index < -0.39 is 5.79 Å². The highest BCUT2D eigenvalue weighted by atomic mass is 16.7. The third kappa shape index (κ3) is 1.52. The fourth-order valence-corrected chi connectivity index (χ4v) is 3.71. The molecule has 0 aromatic rings. The van der Waals surface area contributed by atoms with Crippen LogP contribution in [0.25, 0.3) is 0 Å². The SMILES string of the molecule is CC1(C)OCC2(CO1)CC1(CC(O)C1)C2. The number of hydrogen-bond acceptors (Lipinski definition) is 3. The van der Waals surface area contributed by atoms with E-state index in [1.54, 1.807) is 0 Å². The molecular weight excluding hydrogens is 192 g/mol. The molecule has 0 aromatic heterocycles. The summed E-state index contributed by atoms with van der Waals surface area (Å²) in [5, 5.41) is 9.36. The number of hydrogen-bond donors (Lipinski definition) is 1. The first-order valence-corrected chi connectivity index (χ1v) is 5.89. The molecule has 86 valence electrons. The van der Waals surface area contributed by atoms with Gasteiger partial charge in [-0.1, -0.05) is 0 Å². The van der Waals surface area contributed by atoms with Crippen molar-refractivity contribution in [1.82, 2.24) is 0 Å². The molecule has 0 unspecified atom stereocenters. The molecule has 0 atom stereocenters. The monoisotopic (exact) mass is 212 g/mol. The van der Waals surface area contributed by atoms with Gasteiger partial charge in [-0.15, -0.1) is 0 Å². The van der Waals surface area contributed by atoms with Gasteiger partial charge in [0.1, 0.15) is 0 Å². The first-order valence-electron chi connectivity index (χ1n) is 5.89. The number of aliphatic hydroxyl groups excluding tert-OH is 1. The maximum atomic E-state index is 9.36. The predicted molar refractivity (Wildman–Crippen MR) is 55.3 cm³/mol. The highest BCUT2D eigenvalue weighted by molar-refractivity contribution is 5.10. The minimum atomic E-state index is -0.396. The van der Waals surface area contributed by atoms with Gasteiger partial charge < -0.3 is 14.6 Å². The number of rotatable bonds is 0. The van der Waals surface area contributed by atoms with Crippen molar-refractivity contribution in [3.05, 3.63) is 0 Å². The molecule has 3 nitrogen and oxygen atoms in total. The maximum absolute atomic E-state index is 9.36. The van der Waals surface area contributed by atoms with E-state index in [1.165, 1.54) is 12.8 Å². The molecule has 0 amide bonds. The summed E-state index contributed by atoms with van der Waals surface area (Å²) in [6, 6.07) is 0. The molecule has 1 heterocycles. The minimum absolute atomic E-state index is 0.0378. The lowest BCUT2D eigenvalue weighted by molar-refractivity contribution is -0.324. The van der Waals surface area contributed by atoms with E-state index in [0.717, 1.165) is 26.1 Å². The van der Waals surface area contributed by atoms with Crippen LogP contribution in [0.1, 0.15) is 39.5 Å². The Hall–Kier alpha value is -0.120. The summed E-state index contributed by atoms with van der Waals surface area (Å²) in [5.41, 5.74) is 0.725. The fraction of sp³-hybridized carbons (Fsp3) is 1.00. The lowest BCUT2D eigenvalue weighted by atomic mass is 9.45. The normalized spacial score (nSPS) is 36.2. The Bertz CT molecular complexity index is 259. The lowest BCUT2D eigenvalue weighted by Crippen LogP contribution is -2.61. The van der Waals surface area contributed by atoms with Gasteiger partial charge in [0, 0.05) is 5.41 Å². The minimum Gasteiger partial charge on any atom is -0.393 e. The summed E-state index contributed by atoms with van der Waals surface area (Å²) in [4.78, 5) is 0. The van der Waals surface area contributed by atoms with E-state index in [2.05, 4.69) is 0 Å².